The molecule has 1 aromatic rings. The summed E-state index contributed by atoms with van der Waals surface area (Å²) in [7, 11) is 0. The number of likely N-dealkylation sites (tertiary alicyclic amines) is 1. The van der Waals surface area contributed by atoms with Crippen molar-refractivity contribution in [1.82, 2.24) is 9.88 Å². The lowest BCUT2D eigenvalue weighted by Crippen LogP contribution is -2.24. The number of amides is 1. The number of rotatable bonds is 2. The molecule has 2 rings (SSSR count). The molecule has 1 aliphatic rings. The van der Waals surface area contributed by atoms with Crippen LogP contribution in [0.25, 0.3) is 0 Å². The van der Waals surface area contributed by atoms with Crippen molar-refractivity contribution in [3.8, 4) is 11.8 Å². The second-order valence-corrected chi connectivity index (χ2v) is 3.93. The molecule has 92 valence electrons. The molecule has 0 unspecified atom stereocenters. The summed E-state index contributed by atoms with van der Waals surface area (Å²) >= 11 is 0. The Morgan fingerprint density at radius 2 is 2.39 bits per heavy atom. The molecule has 0 atom stereocenters. The summed E-state index contributed by atoms with van der Waals surface area (Å²) in [6.45, 7) is 1.05. The second-order valence-electron chi connectivity index (χ2n) is 3.93. The van der Waals surface area contributed by atoms with Crippen LogP contribution in [-0.4, -0.2) is 40.0 Å². The molecule has 2 heterocycles. The van der Waals surface area contributed by atoms with Crippen LogP contribution in [0.3, 0.4) is 0 Å². The van der Waals surface area contributed by atoms with E-state index < -0.39 is 5.97 Å². The van der Waals surface area contributed by atoms with Gasteiger partial charge in [-0.15, -0.1) is 0 Å². The third-order valence-electron chi connectivity index (χ3n) is 2.69. The molecule has 1 saturated heterocycles. The average Bonchev–Trinajstić information content (AvgIpc) is 2.76. The molecule has 0 radical (unpaired) electrons. The van der Waals surface area contributed by atoms with Gasteiger partial charge in [-0.05, 0) is 24.5 Å². The van der Waals surface area contributed by atoms with Crippen molar-refractivity contribution in [2.24, 2.45) is 0 Å². The average molecular weight is 244 g/mol. The van der Waals surface area contributed by atoms with Gasteiger partial charge in [0.15, 0.2) is 0 Å². The quantitative estimate of drug-likeness (QED) is 0.779. The summed E-state index contributed by atoms with van der Waals surface area (Å²) in [5, 5.41) is 8.95. The maximum atomic E-state index is 11.3. The smallest absolute Gasteiger partial charge is 0.338 e. The van der Waals surface area contributed by atoms with Gasteiger partial charge in [0.05, 0.1) is 12.1 Å². The first-order valence-electron chi connectivity index (χ1n) is 5.63. The molecule has 1 fully saturated rings. The maximum absolute atomic E-state index is 11.3. The molecule has 5 nitrogen and oxygen atoms in total. The Morgan fingerprint density at radius 1 is 1.56 bits per heavy atom. The maximum Gasteiger partial charge on any atom is 0.338 e. The van der Waals surface area contributed by atoms with E-state index in [0.29, 0.717) is 13.0 Å². The first-order valence-corrected chi connectivity index (χ1v) is 5.63. The fourth-order valence-corrected chi connectivity index (χ4v) is 1.77. The highest BCUT2D eigenvalue weighted by Crippen LogP contribution is 2.08. The molecular weight excluding hydrogens is 232 g/mol. The van der Waals surface area contributed by atoms with Gasteiger partial charge in [-0.1, -0.05) is 5.92 Å². The van der Waals surface area contributed by atoms with Gasteiger partial charge in [-0.2, -0.15) is 0 Å². The van der Waals surface area contributed by atoms with Gasteiger partial charge in [0.25, 0.3) is 0 Å². The Labute approximate surface area is 104 Å². The fraction of sp³-hybridized carbons (Fsp3) is 0.308. The largest absolute Gasteiger partial charge is 0.478 e. The number of aromatic carboxylic acids is 1. The van der Waals surface area contributed by atoms with E-state index in [1.54, 1.807) is 11.0 Å². The van der Waals surface area contributed by atoms with Crippen molar-refractivity contribution in [3.05, 3.63) is 29.6 Å². The van der Waals surface area contributed by atoms with Gasteiger partial charge in [0, 0.05) is 19.2 Å². The lowest BCUT2D eigenvalue weighted by atomic mass is 10.2. The minimum absolute atomic E-state index is 0.0812. The predicted octanol–water partition coefficient (Wildman–Crippen LogP) is 0.754. The molecule has 1 aromatic heterocycles. The number of nitrogens with zero attached hydrogens (tertiary/aromatic N) is 2. The van der Waals surface area contributed by atoms with E-state index in [1.165, 1.54) is 12.3 Å². The highest BCUT2D eigenvalue weighted by atomic mass is 16.4. The van der Waals surface area contributed by atoms with Crippen LogP contribution >= 0.6 is 0 Å². The number of carboxylic acid groups (broad SMARTS) is 1. The first kappa shape index (κ1) is 12.1. The van der Waals surface area contributed by atoms with Crippen LogP contribution in [0.4, 0.5) is 0 Å². The Hall–Kier alpha value is -2.35. The zero-order chi connectivity index (χ0) is 13.0. The van der Waals surface area contributed by atoms with Crippen molar-refractivity contribution in [3.63, 3.8) is 0 Å². The Balaban J connectivity index is 2.10. The van der Waals surface area contributed by atoms with Gasteiger partial charge in [0.1, 0.15) is 5.69 Å². The van der Waals surface area contributed by atoms with Crippen molar-refractivity contribution in [1.29, 1.82) is 0 Å². The lowest BCUT2D eigenvalue weighted by Gasteiger charge is -2.09. The van der Waals surface area contributed by atoms with E-state index in [2.05, 4.69) is 16.8 Å². The molecule has 1 N–H and O–H groups in total. The summed E-state index contributed by atoms with van der Waals surface area (Å²) in [4.78, 5) is 27.8. The van der Waals surface area contributed by atoms with Crippen molar-refractivity contribution in [2.45, 2.75) is 12.8 Å². The first-order chi connectivity index (χ1) is 8.68. The number of carbonyl (C=O) groups excluding carboxylic acids is 1. The van der Waals surface area contributed by atoms with Crippen molar-refractivity contribution < 1.29 is 14.7 Å². The molecule has 0 spiro atoms. The summed E-state index contributed by atoms with van der Waals surface area (Å²) < 4.78 is 0. The SMILES string of the molecule is O=C(O)c1cccnc1C#CCN1CCCC1=O. The van der Waals surface area contributed by atoms with Gasteiger partial charge in [0.2, 0.25) is 5.91 Å². The van der Waals surface area contributed by atoms with E-state index in [4.69, 9.17) is 5.11 Å². The van der Waals surface area contributed by atoms with Crippen molar-refractivity contribution >= 4 is 11.9 Å². The Kier molecular flexibility index (Phi) is 3.58. The zero-order valence-corrected chi connectivity index (χ0v) is 9.72. The molecule has 0 bridgehead atoms. The highest BCUT2D eigenvalue weighted by Gasteiger charge is 2.18. The fourth-order valence-electron chi connectivity index (χ4n) is 1.77. The number of hydrogen-bond donors (Lipinski definition) is 1. The molecular formula is C13H12N2O3. The van der Waals surface area contributed by atoms with Crippen LogP contribution in [0.2, 0.25) is 0 Å². The Bertz CT molecular complexity index is 543. The predicted molar refractivity (Wildman–Crippen MR) is 63.9 cm³/mol. The van der Waals surface area contributed by atoms with Crippen LogP contribution < -0.4 is 0 Å². The minimum Gasteiger partial charge on any atom is -0.478 e. The number of hydrogen-bond acceptors (Lipinski definition) is 3. The topological polar surface area (TPSA) is 70.5 Å². The standard InChI is InChI=1S/C13H12N2O3/c16-12-6-3-9-15(12)8-2-5-11-10(13(17)18)4-1-7-14-11/h1,4,7H,3,6,8-9H2,(H,17,18). The summed E-state index contributed by atoms with van der Waals surface area (Å²) in [5.74, 6) is 4.55. The van der Waals surface area contributed by atoms with E-state index in [9.17, 15) is 9.59 Å². The van der Waals surface area contributed by atoms with E-state index >= 15 is 0 Å². The van der Waals surface area contributed by atoms with Gasteiger partial charge in [-0.25, -0.2) is 9.78 Å². The number of pyridine rings is 1. The molecule has 5 heteroatoms. The van der Waals surface area contributed by atoms with Crippen LogP contribution in [0.1, 0.15) is 28.9 Å². The van der Waals surface area contributed by atoms with E-state index in [-0.39, 0.29) is 17.2 Å². The van der Waals surface area contributed by atoms with Crippen LogP contribution in [0.5, 0.6) is 0 Å². The molecule has 1 amide bonds. The monoisotopic (exact) mass is 244 g/mol. The highest BCUT2D eigenvalue weighted by molar-refractivity contribution is 5.89. The normalized spacial score (nSPS) is 14.2. The summed E-state index contributed by atoms with van der Waals surface area (Å²) in [6.07, 6.45) is 2.94. The van der Waals surface area contributed by atoms with Crippen LogP contribution in [-0.2, 0) is 4.79 Å². The summed E-state index contributed by atoms with van der Waals surface area (Å²) in [6, 6.07) is 3.01. The second kappa shape index (κ2) is 5.32. The van der Waals surface area contributed by atoms with E-state index in [0.717, 1.165) is 13.0 Å². The molecule has 0 aromatic carbocycles. The minimum atomic E-state index is -1.05. The van der Waals surface area contributed by atoms with Crippen LogP contribution in [0, 0.1) is 11.8 Å². The lowest BCUT2D eigenvalue weighted by molar-refractivity contribution is -0.127. The third-order valence-corrected chi connectivity index (χ3v) is 2.69. The number of carboxylic acids is 1. The molecule has 1 aliphatic heterocycles. The Morgan fingerprint density at radius 3 is 3.06 bits per heavy atom. The molecule has 18 heavy (non-hydrogen) atoms. The van der Waals surface area contributed by atoms with Gasteiger partial charge in [-0.3, -0.25) is 4.79 Å². The molecule has 0 saturated carbocycles. The molecule has 0 aliphatic carbocycles. The number of carbonyl (C=O) groups is 2. The van der Waals surface area contributed by atoms with Crippen molar-refractivity contribution in [2.75, 3.05) is 13.1 Å². The van der Waals surface area contributed by atoms with Crippen LogP contribution in [0.15, 0.2) is 18.3 Å². The van der Waals surface area contributed by atoms with Gasteiger partial charge < -0.3 is 10.0 Å². The van der Waals surface area contributed by atoms with E-state index in [1.807, 2.05) is 0 Å². The zero-order valence-electron chi connectivity index (χ0n) is 9.72. The summed E-state index contributed by atoms with van der Waals surface area (Å²) in [5.41, 5.74) is 0.314. The third kappa shape index (κ3) is 2.66. The number of aromatic nitrogens is 1. The van der Waals surface area contributed by atoms with Gasteiger partial charge >= 0.3 is 5.97 Å².